The van der Waals surface area contributed by atoms with E-state index in [2.05, 4.69) is 17.4 Å². The average Bonchev–Trinajstić information content (AvgIpc) is 3.60. The van der Waals surface area contributed by atoms with E-state index in [0.29, 0.717) is 12.6 Å². The highest BCUT2D eigenvalue weighted by molar-refractivity contribution is 5.82. The van der Waals surface area contributed by atoms with Crippen LogP contribution in [0.15, 0.2) is 54.6 Å². The van der Waals surface area contributed by atoms with E-state index in [0.717, 1.165) is 62.6 Å². The van der Waals surface area contributed by atoms with Gasteiger partial charge in [-0.2, -0.15) is 0 Å². The third-order valence-electron chi connectivity index (χ3n) is 6.11. The van der Waals surface area contributed by atoms with Crippen LogP contribution in [0.25, 0.3) is 0 Å². The minimum atomic E-state index is -0.108. The number of rotatable bonds is 9. The van der Waals surface area contributed by atoms with Crippen LogP contribution in [0.2, 0.25) is 0 Å². The maximum absolute atomic E-state index is 13.0. The van der Waals surface area contributed by atoms with Crippen molar-refractivity contribution in [1.82, 2.24) is 5.32 Å². The first-order chi connectivity index (χ1) is 14.7. The number of nitrogens with one attached hydrogen (secondary N) is 3. The second-order valence-electron chi connectivity index (χ2n) is 8.31. The summed E-state index contributed by atoms with van der Waals surface area (Å²) in [6.45, 7) is 5.78. The van der Waals surface area contributed by atoms with E-state index in [-0.39, 0.29) is 11.9 Å². The summed E-state index contributed by atoms with van der Waals surface area (Å²) >= 11 is 0. The van der Waals surface area contributed by atoms with Gasteiger partial charge in [0.2, 0.25) is 0 Å². The predicted octanol–water partition coefficient (Wildman–Crippen LogP) is -0.123. The number of hydrogen-bond acceptors (Lipinski definition) is 3. The quantitative estimate of drug-likeness (QED) is 0.539. The highest BCUT2D eigenvalue weighted by Gasteiger charge is 2.37. The first-order valence-electron chi connectivity index (χ1n) is 11.0. The molecule has 0 bridgehead atoms. The monoisotopic (exact) mass is 411 g/mol. The molecule has 0 unspecified atom stereocenters. The van der Waals surface area contributed by atoms with Crippen molar-refractivity contribution in [3.63, 3.8) is 0 Å². The van der Waals surface area contributed by atoms with Crippen molar-refractivity contribution in [2.24, 2.45) is 0 Å². The largest absolute Gasteiger partial charge is 0.497 e. The Labute approximate surface area is 178 Å². The zero-order valence-electron chi connectivity index (χ0n) is 17.7. The topological polar surface area (TPSA) is 56.4 Å². The van der Waals surface area contributed by atoms with Crippen LogP contribution in [0, 0.1) is 0 Å². The van der Waals surface area contributed by atoms with E-state index in [4.69, 9.17) is 9.47 Å². The van der Waals surface area contributed by atoms with Gasteiger partial charge in [0.05, 0.1) is 7.11 Å². The Hall–Kier alpha value is -2.57. The second kappa shape index (κ2) is 9.96. The number of methoxy groups -OCH3 is 1. The van der Waals surface area contributed by atoms with Gasteiger partial charge in [0.15, 0.2) is 6.04 Å². The van der Waals surface area contributed by atoms with Crippen molar-refractivity contribution in [3.8, 4) is 11.5 Å². The molecule has 3 N–H and O–H groups in total. The number of hydrogen-bond donors (Lipinski definition) is 3. The van der Waals surface area contributed by atoms with E-state index in [9.17, 15) is 4.79 Å². The fraction of sp³-hybridized carbons (Fsp3) is 0.458. The molecule has 30 heavy (non-hydrogen) atoms. The molecule has 2 aromatic rings. The molecule has 0 aromatic heterocycles. The van der Waals surface area contributed by atoms with Crippen LogP contribution in [0.4, 0.5) is 0 Å². The highest BCUT2D eigenvalue weighted by Crippen LogP contribution is 2.20. The molecule has 1 saturated carbocycles. The van der Waals surface area contributed by atoms with Crippen LogP contribution in [0.1, 0.15) is 24.4 Å². The SMILES string of the molecule is COc1ccc(OCC[NH+]2CC[NH+]([C@H](C(=O)NC3CC3)c3ccccc3)CC2)cc1. The van der Waals surface area contributed by atoms with Gasteiger partial charge in [-0.05, 0) is 37.1 Å². The van der Waals surface area contributed by atoms with Crippen molar-refractivity contribution < 1.29 is 24.1 Å². The van der Waals surface area contributed by atoms with Gasteiger partial charge in [-0.3, -0.25) is 4.79 Å². The smallest absolute Gasteiger partial charge is 0.283 e. The van der Waals surface area contributed by atoms with Crippen LogP contribution in [0.3, 0.4) is 0 Å². The van der Waals surface area contributed by atoms with Crippen LogP contribution in [-0.4, -0.2) is 58.4 Å². The molecule has 6 heteroatoms. The molecule has 2 fully saturated rings. The first-order valence-corrected chi connectivity index (χ1v) is 11.0. The summed E-state index contributed by atoms with van der Waals surface area (Å²) in [6.07, 6.45) is 2.24. The van der Waals surface area contributed by atoms with Crippen molar-refractivity contribution in [2.45, 2.75) is 24.9 Å². The molecule has 2 aromatic carbocycles. The maximum Gasteiger partial charge on any atom is 0.283 e. The van der Waals surface area contributed by atoms with E-state index in [1.54, 1.807) is 12.0 Å². The molecule has 0 spiro atoms. The predicted molar refractivity (Wildman–Crippen MR) is 115 cm³/mol. The fourth-order valence-corrected chi connectivity index (χ4v) is 4.18. The summed E-state index contributed by atoms with van der Waals surface area (Å²) in [5, 5.41) is 3.23. The van der Waals surface area contributed by atoms with Crippen molar-refractivity contribution in [1.29, 1.82) is 0 Å². The fourth-order valence-electron chi connectivity index (χ4n) is 4.18. The summed E-state index contributed by atoms with van der Waals surface area (Å²) in [5.41, 5.74) is 1.12. The number of carbonyl (C=O) groups is 1. The number of quaternary nitrogens is 2. The summed E-state index contributed by atoms with van der Waals surface area (Å²) < 4.78 is 11.1. The Morgan fingerprint density at radius 2 is 1.67 bits per heavy atom. The maximum atomic E-state index is 13.0. The van der Waals surface area contributed by atoms with Crippen molar-refractivity contribution in [2.75, 3.05) is 46.4 Å². The molecule has 160 valence electrons. The van der Waals surface area contributed by atoms with Crippen LogP contribution in [0.5, 0.6) is 11.5 Å². The normalized spacial score (nSPS) is 22.2. The lowest BCUT2D eigenvalue weighted by molar-refractivity contribution is -1.02. The summed E-state index contributed by atoms with van der Waals surface area (Å²) in [4.78, 5) is 15.9. The Morgan fingerprint density at radius 3 is 2.30 bits per heavy atom. The standard InChI is InChI=1S/C24H31N3O3/c1-29-21-9-11-22(12-10-21)30-18-17-26-13-15-27(16-14-26)23(19-5-3-2-4-6-19)24(28)25-20-7-8-20/h2-6,9-12,20,23H,7-8,13-18H2,1H3,(H,25,28)/p+2/t23-/m0/s1. The van der Waals surface area contributed by atoms with Gasteiger partial charge in [0, 0.05) is 11.6 Å². The molecule has 0 radical (unpaired) electrons. The molecule has 1 aliphatic heterocycles. The van der Waals surface area contributed by atoms with Crippen LogP contribution >= 0.6 is 0 Å². The lowest BCUT2D eigenvalue weighted by atomic mass is 10.0. The molecular formula is C24H33N3O3+2. The Balaban J connectivity index is 1.27. The van der Waals surface area contributed by atoms with Gasteiger partial charge in [0.25, 0.3) is 5.91 Å². The summed E-state index contributed by atoms with van der Waals surface area (Å²) in [7, 11) is 1.67. The molecular weight excluding hydrogens is 378 g/mol. The van der Waals surface area contributed by atoms with E-state index in [1.165, 1.54) is 4.90 Å². The summed E-state index contributed by atoms with van der Waals surface area (Å²) in [5.74, 6) is 1.90. The first kappa shape index (κ1) is 20.7. The molecule has 4 rings (SSSR count). The van der Waals surface area contributed by atoms with Gasteiger partial charge in [0.1, 0.15) is 50.8 Å². The van der Waals surface area contributed by atoms with Gasteiger partial charge in [-0.1, -0.05) is 30.3 Å². The van der Waals surface area contributed by atoms with E-state index >= 15 is 0 Å². The average molecular weight is 412 g/mol. The van der Waals surface area contributed by atoms with Crippen LogP contribution in [-0.2, 0) is 4.79 Å². The molecule has 1 amide bonds. The zero-order valence-corrected chi connectivity index (χ0v) is 17.7. The minimum Gasteiger partial charge on any atom is -0.497 e. The molecule has 1 heterocycles. The van der Waals surface area contributed by atoms with Crippen LogP contribution < -0.4 is 24.6 Å². The minimum absolute atomic E-state index is 0.108. The Bertz CT molecular complexity index is 800. The third kappa shape index (κ3) is 5.52. The van der Waals surface area contributed by atoms with Gasteiger partial charge in [-0.25, -0.2) is 0 Å². The third-order valence-corrected chi connectivity index (χ3v) is 6.11. The lowest BCUT2D eigenvalue weighted by Gasteiger charge is -2.34. The number of carbonyl (C=O) groups excluding carboxylic acids is 1. The van der Waals surface area contributed by atoms with Gasteiger partial charge < -0.3 is 24.6 Å². The highest BCUT2D eigenvalue weighted by atomic mass is 16.5. The lowest BCUT2D eigenvalue weighted by Crippen LogP contribution is -3.28. The number of amides is 1. The Kier molecular flexibility index (Phi) is 6.87. The molecule has 6 nitrogen and oxygen atoms in total. The van der Waals surface area contributed by atoms with E-state index in [1.807, 2.05) is 42.5 Å². The molecule has 1 saturated heterocycles. The Morgan fingerprint density at radius 1 is 1.00 bits per heavy atom. The van der Waals surface area contributed by atoms with Crippen molar-refractivity contribution in [3.05, 3.63) is 60.2 Å². The molecule has 1 aliphatic carbocycles. The zero-order chi connectivity index (χ0) is 20.8. The molecule has 1 atom stereocenters. The van der Waals surface area contributed by atoms with Gasteiger partial charge in [-0.15, -0.1) is 0 Å². The molecule has 2 aliphatic rings. The summed E-state index contributed by atoms with van der Waals surface area (Å²) in [6, 6.07) is 18.3. The second-order valence-corrected chi connectivity index (χ2v) is 8.31. The number of piperazine rings is 1. The van der Waals surface area contributed by atoms with Gasteiger partial charge >= 0.3 is 0 Å². The van der Waals surface area contributed by atoms with E-state index < -0.39 is 0 Å². The number of ether oxygens (including phenoxy) is 2. The van der Waals surface area contributed by atoms with Crippen molar-refractivity contribution >= 4 is 5.91 Å². The number of benzene rings is 2.